The second-order valence-electron chi connectivity index (χ2n) is 7.29. The zero-order chi connectivity index (χ0) is 19.6. The number of benzene rings is 2. The van der Waals surface area contributed by atoms with E-state index in [9.17, 15) is 13.2 Å². The monoisotopic (exact) mass is 386 g/mol. The van der Waals surface area contributed by atoms with E-state index in [-0.39, 0.29) is 18.1 Å². The number of hydrogen-bond acceptors (Lipinski definition) is 4. The highest BCUT2D eigenvalue weighted by molar-refractivity contribution is 7.91. The van der Waals surface area contributed by atoms with Crippen LogP contribution >= 0.6 is 0 Å². The Morgan fingerprint density at radius 1 is 1.07 bits per heavy atom. The predicted molar refractivity (Wildman–Crippen MR) is 109 cm³/mol. The number of sulfone groups is 1. The Bertz CT molecular complexity index is 965. The average Bonchev–Trinajstić information content (AvgIpc) is 3.09. The van der Waals surface area contributed by atoms with E-state index in [0.29, 0.717) is 10.6 Å². The largest absolute Gasteiger partial charge is 0.378 e. The molecule has 0 aliphatic heterocycles. The first-order chi connectivity index (χ1) is 12.8. The van der Waals surface area contributed by atoms with Gasteiger partial charge < -0.3 is 10.2 Å². The number of nitrogens with zero attached hydrogens (tertiary/aromatic N) is 1. The molecule has 5 nitrogen and oxygen atoms in total. The van der Waals surface area contributed by atoms with Gasteiger partial charge in [0.2, 0.25) is 5.91 Å². The van der Waals surface area contributed by atoms with Gasteiger partial charge in [0.15, 0.2) is 9.84 Å². The molecule has 0 unspecified atom stereocenters. The Kier molecular flexibility index (Phi) is 5.56. The van der Waals surface area contributed by atoms with Gasteiger partial charge in [0, 0.05) is 31.9 Å². The molecule has 2 aromatic carbocycles. The second-order valence-corrected chi connectivity index (χ2v) is 9.40. The number of hydrogen-bond donors (Lipinski definition) is 1. The van der Waals surface area contributed by atoms with Crippen molar-refractivity contribution in [2.24, 2.45) is 0 Å². The molecule has 1 aliphatic rings. The molecule has 0 saturated carbocycles. The molecule has 1 N–H and O–H groups in total. The third-order valence-electron chi connectivity index (χ3n) is 5.03. The van der Waals surface area contributed by atoms with Gasteiger partial charge in [-0.05, 0) is 73.2 Å². The predicted octanol–water partition coefficient (Wildman–Crippen LogP) is 3.35. The summed E-state index contributed by atoms with van der Waals surface area (Å²) in [6.07, 6.45) is 2.97. The Morgan fingerprint density at radius 3 is 2.52 bits per heavy atom. The van der Waals surface area contributed by atoms with Crippen LogP contribution in [-0.4, -0.2) is 34.2 Å². The molecule has 144 valence electrons. The highest BCUT2D eigenvalue weighted by Crippen LogP contribution is 2.26. The van der Waals surface area contributed by atoms with Crippen molar-refractivity contribution in [1.82, 2.24) is 0 Å². The maximum Gasteiger partial charge on any atom is 0.225 e. The topological polar surface area (TPSA) is 66.5 Å². The van der Waals surface area contributed by atoms with Crippen molar-refractivity contribution < 1.29 is 13.2 Å². The summed E-state index contributed by atoms with van der Waals surface area (Å²) in [4.78, 5) is 14.6. The van der Waals surface area contributed by atoms with Crippen LogP contribution in [0, 0.1) is 6.92 Å². The third kappa shape index (κ3) is 4.50. The lowest BCUT2D eigenvalue weighted by Crippen LogP contribution is -2.18. The van der Waals surface area contributed by atoms with Crippen LogP contribution in [-0.2, 0) is 27.5 Å². The number of aryl methyl sites for hydroxylation is 3. The fourth-order valence-electron chi connectivity index (χ4n) is 3.37. The van der Waals surface area contributed by atoms with E-state index in [0.717, 1.165) is 36.1 Å². The van der Waals surface area contributed by atoms with Crippen LogP contribution in [0.3, 0.4) is 0 Å². The normalized spacial score (nSPS) is 13.3. The Balaban J connectivity index is 1.63. The van der Waals surface area contributed by atoms with Gasteiger partial charge in [-0.15, -0.1) is 0 Å². The van der Waals surface area contributed by atoms with Crippen LogP contribution < -0.4 is 10.2 Å². The van der Waals surface area contributed by atoms with Crippen LogP contribution in [0.5, 0.6) is 0 Å². The van der Waals surface area contributed by atoms with E-state index >= 15 is 0 Å². The summed E-state index contributed by atoms with van der Waals surface area (Å²) in [7, 11) is 0.446. The molecule has 6 heteroatoms. The summed E-state index contributed by atoms with van der Waals surface area (Å²) in [6, 6.07) is 11.1. The first-order valence-electron chi connectivity index (χ1n) is 9.19. The average molecular weight is 387 g/mol. The van der Waals surface area contributed by atoms with Gasteiger partial charge in [-0.25, -0.2) is 8.42 Å². The number of carbonyl (C=O) groups excluding carboxylic acids is 1. The van der Waals surface area contributed by atoms with Gasteiger partial charge >= 0.3 is 0 Å². The summed E-state index contributed by atoms with van der Waals surface area (Å²) < 4.78 is 25.2. The minimum atomic E-state index is -3.46. The molecule has 1 aliphatic carbocycles. The second kappa shape index (κ2) is 7.72. The van der Waals surface area contributed by atoms with Crippen molar-refractivity contribution in [3.05, 3.63) is 53.1 Å². The number of amides is 1. The smallest absolute Gasteiger partial charge is 0.225 e. The summed E-state index contributed by atoms with van der Waals surface area (Å²) in [5, 5.41) is 2.82. The summed E-state index contributed by atoms with van der Waals surface area (Å²) in [6.45, 7) is 1.92. The van der Waals surface area contributed by atoms with Crippen LogP contribution in [0.25, 0.3) is 0 Å². The maximum absolute atomic E-state index is 12.6. The standard InChI is InChI=1S/C21H26N2O3S/c1-15-13-18(23(2)3)8-10-20(15)22-21(24)11-12-27(25,26)19-9-7-16-5-4-6-17(16)14-19/h7-10,13-14H,4-6,11-12H2,1-3H3,(H,22,24). The number of nitrogens with one attached hydrogen (secondary N) is 1. The highest BCUT2D eigenvalue weighted by Gasteiger charge is 2.20. The van der Waals surface area contributed by atoms with Crippen LogP contribution in [0.15, 0.2) is 41.3 Å². The molecule has 1 amide bonds. The van der Waals surface area contributed by atoms with Gasteiger partial charge in [0.05, 0.1) is 10.6 Å². The lowest BCUT2D eigenvalue weighted by molar-refractivity contribution is -0.115. The molecule has 0 aromatic heterocycles. The molecule has 0 saturated heterocycles. The van der Waals surface area contributed by atoms with Gasteiger partial charge in [0.1, 0.15) is 0 Å². The van der Waals surface area contributed by atoms with Crippen molar-refractivity contribution in [2.45, 2.75) is 37.5 Å². The quantitative estimate of drug-likeness (QED) is 0.827. The Hall–Kier alpha value is -2.34. The molecule has 0 bridgehead atoms. The zero-order valence-corrected chi connectivity index (χ0v) is 16.9. The Morgan fingerprint density at radius 2 is 1.81 bits per heavy atom. The van der Waals surface area contributed by atoms with Crippen molar-refractivity contribution in [3.63, 3.8) is 0 Å². The van der Waals surface area contributed by atoms with E-state index in [1.54, 1.807) is 12.1 Å². The van der Waals surface area contributed by atoms with E-state index < -0.39 is 9.84 Å². The lowest BCUT2D eigenvalue weighted by atomic mass is 10.1. The number of rotatable bonds is 6. The van der Waals surface area contributed by atoms with Crippen molar-refractivity contribution in [1.29, 1.82) is 0 Å². The molecular formula is C21H26N2O3S. The molecule has 0 atom stereocenters. The number of carbonyl (C=O) groups is 1. The van der Waals surface area contributed by atoms with E-state index in [1.165, 1.54) is 5.56 Å². The summed E-state index contributed by atoms with van der Waals surface area (Å²) >= 11 is 0. The van der Waals surface area contributed by atoms with E-state index in [2.05, 4.69) is 5.32 Å². The first kappa shape index (κ1) is 19.4. The molecule has 0 heterocycles. The zero-order valence-electron chi connectivity index (χ0n) is 16.1. The Labute approximate surface area is 161 Å². The van der Waals surface area contributed by atoms with Gasteiger partial charge in [-0.2, -0.15) is 0 Å². The molecule has 27 heavy (non-hydrogen) atoms. The van der Waals surface area contributed by atoms with Gasteiger partial charge in [-0.1, -0.05) is 6.07 Å². The molecule has 3 rings (SSSR count). The third-order valence-corrected chi connectivity index (χ3v) is 6.74. The van der Waals surface area contributed by atoms with Crippen LogP contribution in [0.1, 0.15) is 29.5 Å². The van der Waals surface area contributed by atoms with Crippen molar-refractivity contribution in [3.8, 4) is 0 Å². The van der Waals surface area contributed by atoms with Crippen molar-refractivity contribution in [2.75, 3.05) is 30.1 Å². The molecule has 0 spiro atoms. The van der Waals surface area contributed by atoms with E-state index in [1.807, 2.05) is 50.2 Å². The minimum Gasteiger partial charge on any atom is -0.378 e. The van der Waals surface area contributed by atoms with Gasteiger partial charge in [-0.3, -0.25) is 4.79 Å². The molecule has 0 fully saturated rings. The van der Waals surface area contributed by atoms with Crippen LogP contribution in [0.4, 0.5) is 11.4 Å². The number of fused-ring (bicyclic) bond motifs is 1. The molecular weight excluding hydrogens is 360 g/mol. The summed E-state index contributed by atoms with van der Waals surface area (Å²) in [5.74, 6) is -0.479. The lowest BCUT2D eigenvalue weighted by Gasteiger charge is -2.15. The molecule has 0 radical (unpaired) electrons. The molecule has 2 aromatic rings. The summed E-state index contributed by atoms with van der Waals surface area (Å²) in [5.41, 5.74) is 5.06. The van der Waals surface area contributed by atoms with Crippen molar-refractivity contribution >= 4 is 27.1 Å². The first-order valence-corrected chi connectivity index (χ1v) is 10.8. The minimum absolute atomic E-state index is 0.0612. The maximum atomic E-state index is 12.6. The number of anilines is 2. The fraction of sp³-hybridized carbons (Fsp3) is 0.381. The SMILES string of the molecule is Cc1cc(N(C)C)ccc1NC(=O)CCS(=O)(=O)c1ccc2c(c1)CCC2. The van der Waals surface area contributed by atoms with Gasteiger partial charge in [0.25, 0.3) is 0 Å². The fourth-order valence-corrected chi connectivity index (χ4v) is 4.65. The highest BCUT2D eigenvalue weighted by atomic mass is 32.2. The van der Waals surface area contributed by atoms with E-state index in [4.69, 9.17) is 0 Å². The van der Waals surface area contributed by atoms with Crippen LogP contribution in [0.2, 0.25) is 0 Å².